The molecule has 1 aliphatic heterocycles. The first kappa shape index (κ1) is 22.7. The van der Waals surface area contributed by atoms with Gasteiger partial charge in [-0.25, -0.2) is 19.1 Å². The Morgan fingerprint density at radius 2 is 2.12 bits per heavy atom. The van der Waals surface area contributed by atoms with Crippen LogP contribution in [0.2, 0.25) is 0 Å². The van der Waals surface area contributed by atoms with E-state index in [1.165, 1.54) is 22.7 Å². The highest BCUT2D eigenvalue weighted by atomic mass is 32.2. The highest BCUT2D eigenvalue weighted by Crippen LogP contribution is 2.40. The van der Waals surface area contributed by atoms with Crippen LogP contribution in [0.3, 0.4) is 0 Å². The lowest BCUT2D eigenvalue weighted by Crippen LogP contribution is -2.64. The van der Waals surface area contributed by atoms with Gasteiger partial charge < -0.3 is 15.7 Å². The van der Waals surface area contributed by atoms with Gasteiger partial charge in [-0.05, 0) is 0 Å². The molecule has 2 aliphatic rings. The van der Waals surface area contributed by atoms with Crippen molar-refractivity contribution in [2.75, 3.05) is 5.73 Å². The summed E-state index contributed by atoms with van der Waals surface area (Å²) in [5, 5.41) is 18.4. The average molecular weight is 499 g/mol. The highest BCUT2D eigenvalue weighted by Gasteiger charge is 2.56. The van der Waals surface area contributed by atoms with E-state index in [9.17, 15) is 32.5 Å². The monoisotopic (exact) mass is 499 g/mol. The number of amides is 1. The van der Waals surface area contributed by atoms with Gasteiger partial charge in [0.15, 0.2) is 16.6 Å². The number of nitrogen functional groups attached to an aromatic ring is 1. The van der Waals surface area contributed by atoms with E-state index in [-0.39, 0.29) is 40.2 Å². The van der Waals surface area contributed by atoms with E-state index in [2.05, 4.69) is 20.2 Å². The SMILES string of the molecule is Nc1nc(/C(=N/OC2(C(=O)O)CC2)C(=O)C[C@@H]2C(=O)N(S(=O)(=O)O)[C@@H]2Cn2cncn2)cs1. The molecular weight excluding hydrogens is 482 g/mol. The minimum Gasteiger partial charge on any atom is -0.478 e. The van der Waals surface area contributed by atoms with Crippen LogP contribution in [0.4, 0.5) is 5.13 Å². The molecule has 15 nitrogen and oxygen atoms in total. The lowest BCUT2D eigenvalue weighted by molar-refractivity contribution is -0.153. The lowest BCUT2D eigenvalue weighted by Gasteiger charge is -2.43. The standard InChI is InChI=1S/C16H17N7O8S2/c17-15-20-9(5-32-15)12(21-31-16(1-2-16)14(26)27)11(24)3-8-10(4-22-7-18-6-19-22)23(13(8)25)33(28,29)30/h5-8,10H,1-4H2,(H2,17,20)(H,26,27)(H,28,29,30)/b21-12-/t8-,10+/m0/s1. The van der Waals surface area contributed by atoms with Crippen LogP contribution in [-0.4, -0.2) is 77.1 Å². The second kappa shape index (κ2) is 8.16. The van der Waals surface area contributed by atoms with Crippen molar-refractivity contribution in [3.05, 3.63) is 23.7 Å². The molecule has 0 radical (unpaired) electrons. The van der Waals surface area contributed by atoms with Gasteiger partial charge in [0.05, 0.1) is 18.5 Å². The average Bonchev–Trinajstić information content (AvgIpc) is 3.12. The van der Waals surface area contributed by atoms with Crippen molar-refractivity contribution >= 4 is 50.1 Å². The number of carbonyl (C=O) groups excluding carboxylic acids is 2. The number of hydrogen-bond acceptors (Lipinski definition) is 12. The Labute approximate surface area is 189 Å². The van der Waals surface area contributed by atoms with Gasteiger partial charge in [0.25, 0.3) is 0 Å². The van der Waals surface area contributed by atoms with Crippen LogP contribution in [0.25, 0.3) is 0 Å². The highest BCUT2D eigenvalue weighted by molar-refractivity contribution is 7.84. The van der Waals surface area contributed by atoms with Crippen LogP contribution in [0.15, 0.2) is 23.2 Å². The third-order valence-electron chi connectivity index (χ3n) is 5.23. The topological polar surface area (TPSA) is 220 Å². The number of carbonyl (C=O) groups is 3. The van der Waals surface area contributed by atoms with Gasteiger partial charge in [0.2, 0.25) is 11.5 Å². The molecule has 3 heterocycles. The van der Waals surface area contributed by atoms with Crippen LogP contribution in [0.5, 0.6) is 0 Å². The molecule has 0 aromatic carbocycles. The summed E-state index contributed by atoms with van der Waals surface area (Å²) < 4.78 is 34.2. The Bertz CT molecular complexity index is 1240. The maximum absolute atomic E-state index is 13.1. The number of ketones is 1. The predicted octanol–water partition coefficient (Wildman–Crippen LogP) is -1.06. The van der Waals surface area contributed by atoms with Crippen LogP contribution in [0.1, 0.15) is 25.0 Å². The van der Waals surface area contributed by atoms with Crippen LogP contribution >= 0.6 is 11.3 Å². The van der Waals surface area contributed by atoms with Gasteiger partial charge >= 0.3 is 16.3 Å². The predicted molar refractivity (Wildman–Crippen MR) is 109 cm³/mol. The van der Waals surface area contributed by atoms with Crippen molar-refractivity contribution in [1.82, 2.24) is 24.1 Å². The molecule has 0 spiro atoms. The second-order valence-electron chi connectivity index (χ2n) is 7.43. The first-order valence-electron chi connectivity index (χ1n) is 9.39. The lowest BCUT2D eigenvalue weighted by atomic mass is 9.84. The minimum absolute atomic E-state index is 0.0231. The van der Waals surface area contributed by atoms with Gasteiger partial charge in [-0.1, -0.05) is 5.16 Å². The normalized spacial score (nSPS) is 22.0. The molecule has 2 fully saturated rings. The van der Waals surface area contributed by atoms with Crippen LogP contribution in [0, 0.1) is 5.92 Å². The number of aliphatic carboxylic acids is 1. The molecule has 33 heavy (non-hydrogen) atoms. The minimum atomic E-state index is -4.87. The molecule has 1 aliphatic carbocycles. The Balaban J connectivity index is 1.58. The number of rotatable bonds is 10. The Morgan fingerprint density at radius 1 is 1.39 bits per heavy atom. The summed E-state index contributed by atoms with van der Waals surface area (Å²) in [6.45, 7) is -0.155. The van der Waals surface area contributed by atoms with Crippen molar-refractivity contribution in [3.8, 4) is 0 Å². The number of nitrogens with zero attached hydrogens (tertiary/aromatic N) is 6. The van der Waals surface area contributed by atoms with E-state index in [0.29, 0.717) is 0 Å². The fraction of sp³-hybridized carbons (Fsp3) is 0.438. The Kier molecular flexibility index (Phi) is 5.62. The number of hydrogen-bond donors (Lipinski definition) is 3. The first-order valence-corrected chi connectivity index (χ1v) is 11.7. The smallest absolute Gasteiger partial charge is 0.362 e. The second-order valence-corrected chi connectivity index (χ2v) is 9.61. The molecule has 1 amide bonds. The number of nitrogens with two attached hydrogens (primary N) is 1. The van der Waals surface area contributed by atoms with Crippen molar-refractivity contribution in [2.45, 2.75) is 37.5 Å². The maximum atomic E-state index is 13.1. The summed E-state index contributed by atoms with van der Waals surface area (Å²) in [5.41, 5.74) is 3.76. The van der Waals surface area contributed by atoms with Gasteiger partial charge in [-0.15, -0.1) is 11.3 Å². The molecule has 2 aromatic heterocycles. The quantitative estimate of drug-likeness (QED) is 0.154. The zero-order valence-electron chi connectivity index (χ0n) is 16.6. The van der Waals surface area contributed by atoms with Crippen LogP contribution in [-0.2, 0) is 36.1 Å². The summed E-state index contributed by atoms with van der Waals surface area (Å²) >= 11 is 1.01. The number of anilines is 1. The molecule has 0 bridgehead atoms. The van der Waals surface area contributed by atoms with Gasteiger partial charge in [0.1, 0.15) is 18.3 Å². The molecule has 1 saturated carbocycles. The number of β-lactam (4-membered cyclic amide) rings is 1. The fourth-order valence-electron chi connectivity index (χ4n) is 3.33. The largest absolute Gasteiger partial charge is 0.478 e. The molecular formula is C16H17N7O8S2. The summed E-state index contributed by atoms with van der Waals surface area (Å²) in [6.07, 6.45) is 2.38. The maximum Gasteiger partial charge on any atom is 0.362 e. The third-order valence-corrected chi connectivity index (χ3v) is 6.85. The number of aromatic nitrogens is 4. The van der Waals surface area contributed by atoms with Gasteiger partial charge in [0, 0.05) is 24.6 Å². The van der Waals surface area contributed by atoms with Crippen LogP contribution < -0.4 is 5.73 Å². The molecule has 2 atom stereocenters. The molecule has 1 saturated heterocycles. The van der Waals surface area contributed by atoms with Crippen molar-refractivity contribution in [3.63, 3.8) is 0 Å². The summed E-state index contributed by atoms with van der Waals surface area (Å²) in [7, 11) is -4.87. The summed E-state index contributed by atoms with van der Waals surface area (Å²) in [5.74, 6) is -4.11. The van der Waals surface area contributed by atoms with Gasteiger partial charge in [-0.3, -0.25) is 18.8 Å². The van der Waals surface area contributed by atoms with E-state index >= 15 is 0 Å². The molecule has 4 N–H and O–H groups in total. The van der Waals surface area contributed by atoms with Crippen molar-refractivity contribution in [2.24, 2.45) is 11.1 Å². The number of oxime groups is 1. The molecule has 0 unspecified atom stereocenters. The number of Topliss-reactive ketones (excluding diaryl/α,β-unsaturated/α-hetero) is 1. The summed E-state index contributed by atoms with van der Waals surface area (Å²) in [4.78, 5) is 49.7. The zero-order chi connectivity index (χ0) is 24.0. The number of carboxylic acids is 1. The van der Waals surface area contributed by atoms with Crippen molar-refractivity contribution in [1.29, 1.82) is 0 Å². The molecule has 176 valence electrons. The molecule has 17 heteroatoms. The van der Waals surface area contributed by atoms with E-state index < -0.39 is 51.9 Å². The molecule has 2 aromatic rings. The number of thiazole rings is 1. The zero-order valence-corrected chi connectivity index (χ0v) is 18.3. The number of carboxylic acid groups (broad SMARTS) is 1. The Morgan fingerprint density at radius 3 is 2.64 bits per heavy atom. The van der Waals surface area contributed by atoms with Gasteiger partial charge in [-0.2, -0.15) is 13.5 Å². The van der Waals surface area contributed by atoms with Crippen molar-refractivity contribution < 1.29 is 37.3 Å². The first-order chi connectivity index (χ1) is 15.5. The van der Waals surface area contributed by atoms with E-state index in [1.807, 2.05) is 0 Å². The third kappa shape index (κ3) is 4.41. The fourth-order valence-corrected chi connectivity index (χ4v) is 4.79. The molecule has 4 rings (SSSR count). The summed E-state index contributed by atoms with van der Waals surface area (Å²) in [6, 6.07) is -1.12. The van der Waals surface area contributed by atoms with E-state index in [0.717, 1.165) is 11.3 Å². The van der Waals surface area contributed by atoms with E-state index in [4.69, 9.17) is 10.6 Å². The van der Waals surface area contributed by atoms with E-state index in [1.54, 1.807) is 0 Å². The Hall–Kier alpha value is -3.44.